The fourth-order valence-corrected chi connectivity index (χ4v) is 5.77. The van der Waals surface area contributed by atoms with Crippen molar-refractivity contribution in [2.75, 3.05) is 12.4 Å². The topological polar surface area (TPSA) is 119 Å². The summed E-state index contributed by atoms with van der Waals surface area (Å²) in [5.74, 6) is 0.277. The first kappa shape index (κ1) is 25.2. The molecule has 10 nitrogen and oxygen atoms in total. The molecule has 39 heavy (non-hydrogen) atoms. The van der Waals surface area contributed by atoms with Crippen LogP contribution in [0.2, 0.25) is 0 Å². The molecule has 1 aromatic carbocycles. The maximum Gasteiger partial charge on any atom is 0.316 e. The number of pyridine rings is 1. The Morgan fingerprint density at radius 3 is 2.62 bits per heavy atom. The van der Waals surface area contributed by atoms with Crippen molar-refractivity contribution >= 4 is 50.2 Å². The summed E-state index contributed by atoms with van der Waals surface area (Å²) in [6.45, 7) is 1.53. The summed E-state index contributed by atoms with van der Waals surface area (Å²) in [6, 6.07) is 10.8. The number of hydrogen-bond donors (Lipinski definition) is 1. The number of piperidine rings is 1. The average Bonchev–Trinajstić information content (AvgIpc) is 3.43. The molecule has 1 N–H and O–H groups in total. The quantitative estimate of drug-likeness (QED) is 0.255. The number of ketones is 1. The Labute approximate surface area is 232 Å². The molecule has 1 saturated heterocycles. The summed E-state index contributed by atoms with van der Waals surface area (Å²) in [7, 11) is 1.50. The number of likely N-dealkylation sites (tertiary alicyclic amines) is 1. The van der Waals surface area contributed by atoms with Gasteiger partial charge in [0.1, 0.15) is 23.0 Å². The van der Waals surface area contributed by atoms with E-state index in [1.54, 1.807) is 46.3 Å². The largest absolute Gasteiger partial charge is 0.467 e. The molecular formula is C28H25BrN6O4. The molecule has 1 unspecified atom stereocenters. The second-order valence-corrected chi connectivity index (χ2v) is 10.7. The number of carbonyl (C=O) groups excluding carboxylic acids is 3. The number of amides is 2. The molecule has 198 valence electrons. The first-order valence-electron chi connectivity index (χ1n) is 12.6. The third kappa shape index (κ3) is 4.78. The van der Waals surface area contributed by atoms with Gasteiger partial charge >= 0.3 is 6.01 Å². The average molecular weight is 589 g/mol. The zero-order valence-electron chi connectivity index (χ0n) is 21.3. The van der Waals surface area contributed by atoms with Crippen molar-refractivity contribution in [2.24, 2.45) is 5.92 Å². The van der Waals surface area contributed by atoms with E-state index in [0.717, 1.165) is 28.5 Å². The normalized spacial score (nSPS) is 19.6. The highest BCUT2D eigenvalue weighted by atomic mass is 79.9. The van der Waals surface area contributed by atoms with Crippen LogP contribution in [0.1, 0.15) is 30.1 Å². The molecule has 3 aromatic heterocycles. The number of halogens is 1. The Kier molecular flexibility index (Phi) is 6.38. The van der Waals surface area contributed by atoms with E-state index in [1.807, 2.05) is 18.2 Å². The van der Waals surface area contributed by atoms with E-state index in [4.69, 9.17) is 4.74 Å². The fraction of sp³-hybridized carbons (Fsp3) is 0.286. The number of benzene rings is 1. The van der Waals surface area contributed by atoms with Gasteiger partial charge in [0.05, 0.1) is 7.11 Å². The van der Waals surface area contributed by atoms with E-state index in [2.05, 4.69) is 36.2 Å². The summed E-state index contributed by atoms with van der Waals surface area (Å²) in [5.41, 5.74) is 2.91. The summed E-state index contributed by atoms with van der Waals surface area (Å²) < 4.78 is 7.45. The Bertz CT molecular complexity index is 1620. The number of nitrogens with one attached hydrogen (secondary N) is 1. The molecule has 4 heterocycles. The van der Waals surface area contributed by atoms with Crippen LogP contribution in [0.25, 0.3) is 22.0 Å². The molecule has 3 atom stereocenters. The van der Waals surface area contributed by atoms with Crippen LogP contribution in [0.4, 0.5) is 5.82 Å². The minimum absolute atomic E-state index is 0.0247. The van der Waals surface area contributed by atoms with Crippen molar-refractivity contribution in [1.29, 1.82) is 0 Å². The summed E-state index contributed by atoms with van der Waals surface area (Å²) in [6.07, 6.45) is 6.59. The molecule has 2 aliphatic rings. The third-order valence-corrected chi connectivity index (χ3v) is 7.81. The fourth-order valence-electron chi connectivity index (χ4n) is 5.42. The van der Waals surface area contributed by atoms with Crippen LogP contribution < -0.4 is 10.1 Å². The van der Waals surface area contributed by atoms with Crippen LogP contribution in [0.5, 0.6) is 6.01 Å². The van der Waals surface area contributed by atoms with E-state index in [0.29, 0.717) is 28.3 Å². The number of rotatable bonds is 7. The van der Waals surface area contributed by atoms with Crippen molar-refractivity contribution in [1.82, 2.24) is 24.4 Å². The maximum absolute atomic E-state index is 13.6. The van der Waals surface area contributed by atoms with Crippen LogP contribution >= 0.6 is 15.9 Å². The van der Waals surface area contributed by atoms with Crippen molar-refractivity contribution in [3.63, 3.8) is 0 Å². The number of aromatic nitrogens is 4. The van der Waals surface area contributed by atoms with E-state index in [9.17, 15) is 14.4 Å². The summed E-state index contributed by atoms with van der Waals surface area (Å²) >= 11 is 3.31. The standard InChI is InChI=1S/C28H25BrN6O4/c1-15(36)20-13-34(21-7-6-16(8-19(20)21)18-11-30-28(39-2)31-12-18)14-26(37)35-22-9-17(22)10-23(35)27(38)33-25-5-3-4-24(29)32-25/h3-8,11-13,17,22-23H,9-10,14H2,1-2H3,(H,32,33,38)/t17-,22?,23+/m1/s1. The van der Waals surface area contributed by atoms with Gasteiger partial charge in [-0.25, -0.2) is 15.0 Å². The monoisotopic (exact) mass is 588 g/mol. The number of Topliss-reactive ketones (excluding diaryl/α,β-unsaturated/α-hetero) is 1. The molecule has 0 radical (unpaired) electrons. The minimum Gasteiger partial charge on any atom is -0.467 e. The van der Waals surface area contributed by atoms with Crippen LogP contribution in [-0.2, 0) is 16.1 Å². The Hall–Kier alpha value is -4.12. The molecule has 4 aromatic rings. The first-order chi connectivity index (χ1) is 18.8. The van der Waals surface area contributed by atoms with Crippen LogP contribution in [-0.4, -0.2) is 61.2 Å². The van der Waals surface area contributed by atoms with Gasteiger partial charge < -0.3 is 19.5 Å². The number of carbonyl (C=O) groups is 3. The van der Waals surface area contributed by atoms with Crippen molar-refractivity contribution in [3.05, 3.63) is 65.2 Å². The van der Waals surface area contributed by atoms with Gasteiger partial charge in [-0.3, -0.25) is 14.4 Å². The zero-order chi connectivity index (χ0) is 27.3. The third-order valence-electron chi connectivity index (χ3n) is 7.37. The van der Waals surface area contributed by atoms with Crippen LogP contribution in [0.15, 0.2) is 59.6 Å². The smallest absolute Gasteiger partial charge is 0.316 e. The van der Waals surface area contributed by atoms with Gasteiger partial charge in [0, 0.05) is 46.7 Å². The molecule has 0 bridgehead atoms. The van der Waals surface area contributed by atoms with Gasteiger partial charge in [-0.2, -0.15) is 0 Å². The van der Waals surface area contributed by atoms with E-state index < -0.39 is 6.04 Å². The lowest BCUT2D eigenvalue weighted by Crippen LogP contribution is -2.46. The molecular weight excluding hydrogens is 564 g/mol. The molecule has 11 heteroatoms. The number of hydrogen-bond acceptors (Lipinski definition) is 7. The van der Waals surface area contributed by atoms with Crippen molar-refractivity contribution in [2.45, 2.75) is 38.4 Å². The lowest BCUT2D eigenvalue weighted by Gasteiger charge is -2.27. The number of anilines is 1. The molecule has 0 spiro atoms. The van der Waals surface area contributed by atoms with Gasteiger partial charge in [-0.05, 0) is 71.4 Å². The predicted octanol–water partition coefficient (Wildman–Crippen LogP) is 4.10. The van der Waals surface area contributed by atoms with Crippen molar-refractivity contribution < 1.29 is 19.1 Å². The molecule has 6 rings (SSSR count). The van der Waals surface area contributed by atoms with Crippen molar-refractivity contribution in [3.8, 4) is 17.1 Å². The number of nitrogens with zero attached hydrogens (tertiary/aromatic N) is 5. The van der Waals surface area contributed by atoms with Gasteiger partial charge in [0.25, 0.3) is 0 Å². The SMILES string of the molecule is COc1ncc(-c2ccc3c(c2)c(C(C)=O)cn3CC(=O)N2C3C[C@@H]3C[C@H]2C(=O)Nc2cccc(Br)n2)cn1. The molecule has 1 aliphatic carbocycles. The second kappa shape index (κ2) is 9.88. The Balaban J connectivity index is 1.26. The second-order valence-electron chi connectivity index (χ2n) is 9.87. The molecule has 2 fully saturated rings. The van der Waals surface area contributed by atoms with Gasteiger partial charge in [-0.1, -0.05) is 12.1 Å². The van der Waals surface area contributed by atoms with Gasteiger partial charge in [0.15, 0.2) is 5.78 Å². The van der Waals surface area contributed by atoms with E-state index in [-0.39, 0.29) is 36.2 Å². The predicted molar refractivity (Wildman–Crippen MR) is 147 cm³/mol. The zero-order valence-corrected chi connectivity index (χ0v) is 22.9. The molecule has 2 amide bonds. The molecule has 1 aliphatic heterocycles. The highest BCUT2D eigenvalue weighted by Gasteiger charge is 2.56. The van der Waals surface area contributed by atoms with Crippen LogP contribution in [0.3, 0.4) is 0 Å². The highest BCUT2D eigenvalue weighted by Crippen LogP contribution is 2.48. The number of ether oxygens (including phenoxy) is 1. The minimum atomic E-state index is -0.558. The Morgan fingerprint density at radius 2 is 1.90 bits per heavy atom. The van der Waals surface area contributed by atoms with Crippen LogP contribution in [0, 0.1) is 5.92 Å². The van der Waals surface area contributed by atoms with E-state index in [1.165, 1.54) is 14.0 Å². The lowest BCUT2D eigenvalue weighted by atomic mass is 10.0. The van der Waals surface area contributed by atoms with E-state index >= 15 is 0 Å². The lowest BCUT2D eigenvalue weighted by molar-refractivity contribution is -0.138. The summed E-state index contributed by atoms with van der Waals surface area (Å²) in [4.78, 5) is 53.6. The Morgan fingerprint density at radius 1 is 1.10 bits per heavy atom. The van der Waals surface area contributed by atoms with Gasteiger partial charge in [0.2, 0.25) is 11.8 Å². The molecule has 1 saturated carbocycles. The highest BCUT2D eigenvalue weighted by molar-refractivity contribution is 9.10. The number of fused-ring (bicyclic) bond motifs is 2. The number of methoxy groups -OCH3 is 1. The summed E-state index contributed by atoms with van der Waals surface area (Å²) in [5, 5.41) is 3.59. The van der Waals surface area contributed by atoms with Gasteiger partial charge in [-0.15, -0.1) is 0 Å². The first-order valence-corrected chi connectivity index (χ1v) is 13.4. The maximum atomic E-state index is 13.6.